The first-order valence-electron chi connectivity index (χ1n) is 8.08. The zero-order valence-corrected chi connectivity index (χ0v) is 14.0. The van der Waals surface area contributed by atoms with E-state index in [2.05, 4.69) is 31.0 Å². The Hall–Kier alpha value is -1.85. The fourth-order valence-corrected chi connectivity index (χ4v) is 3.31. The predicted molar refractivity (Wildman–Crippen MR) is 89.6 cm³/mol. The van der Waals surface area contributed by atoms with Gasteiger partial charge in [-0.1, -0.05) is 12.1 Å². The highest BCUT2D eigenvalue weighted by molar-refractivity contribution is 5.93. The maximum Gasteiger partial charge on any atom is 0.227 e. The molecule has 1 aromatic heterocycles. The van der Waals surface area contributed by atoms with Gasteiger partial charge in [0.1, 0.15) is 0 Å². The number of amides is 1. The second kappa shape index (κ2) is 6.34. The quantitative estimate of drug-likeness (QED) is 0.889. The minimum Gasteiger partial charge on any atom is -0.389 e. The van der Waals surface area contributed by atoms with Crippen LogP contribution in [0.25, 0.3) is 10.9 Å². The molecule has 0 bridgehead atoms. The fraction of sp³-hybridized carbons (Fsp3) is 0.500. The summed E-state index contributed by atoms with van der Waals surface area (Å²) >= 11 is 0. The molecule has 3 rings (SSSR count). The number of ether oxygens (including phenoxy) is 1. The summed E-state index contributed by atoms with van der Waals surface area (Å²) in [4.78, 5) is 17.8. The van der Waals surface area contributed by atoms with Crippen LogP contribution in [0.2, 0.25) is 0 Å². The van der Waals surface area contributed by atoms with Crippen LogP contribution in [0.15, 0.2) is 12.1 Å². The number of rotatable bonds is 2. The van der Waals surface area contributed by atoms with Gasteiger partial charge in [0.2, 0.25) is 5.91 Å². The summed E-state index contributed by atoms with van der Waals surface area (Å²) in [5.41, 5.74) is 5.58. The van der Waals surface area contributed by atoms with Gasteiger partial charge in [0, 0.05) is 29.7 Å². The summed E-state index contributed by atoms with van der Waals surface area (Å²) in [7, 11) is 0. The van der Waals surface area contributed by atoms with Crippen molar-refractivity contribution in [3.8, 4) is 0 Å². The Morgan fingerprint density at radius 2 is 2.09 bits per heavy atom. The van der Waals surface area contributed by atoms with E-state index < -0.39 is 6.10 Å². The number of β-amino-alcohol motifs (C(OH)–C–C–N with tert-alkyl or cyclic N) is 1. The number of carbonyl (C=O) groups is 1. The summed E-state index contributed by atoms with van der Waals surface area (Å²) in [6, 6.07) is 4.20. The molecular formula is C18H24N2O3. The standard InChI is InChI=1S/C18H24N2O3/c1-11-4-5-12(2)18-17(11)15(13(3)19-18)8-16(22)20-6-7-23-10-14(21)9-20/h4-5,14,19,21H,6-10H2,1-3H3/t14-/m0/s1. The van der Waals surface area contributed by atoms with E-state index in [0.29, 0.717) is 32.7 Å². The topological polar surface area (TPSA) is 65.6 Å². The van der Waals surface area contributed by atoms with Gasteiger partial charge in [-0.3, -0.25) is 4.79 Å². The van der Waals surface area contributed by atoms with E-state index >= 15 is 0 Å². The number of H-pyrrole nitrogens is 1. The molecule has 0 radical (unpaired) electrons. The highest BCUT2D eigenvalue weighted by Crippen LogP contribution is 2.28. The predicted octanol–water partition coefficient (Wildman–Crippen LogP) is 1.86. The second-order valence-electron chi connectivity index (χ2n) is 6.42. The summed E-state index contributed by atoms with van der Waals surface area (Å²) in [6.45, 7) is 7.83. The average molecular weight is 316 g/mol. The van der Waals surface area contributed by atoms with Crippen LogP contribution in [0.4, 0.5) is 0 Å². The van der Waals surface area contributed by atoms with Gasteiger partial charge < -0.3 is 19.7 Å². The van der Waals surface area contributed by atoms with Gasteiger partial charge in [0.05, 0.1) is 25.7 Å². The van der Waals surface area contributed by atoms with E-state index in [0.717, 1.165) is 22.2 Å². The molecule has 1 aliphatic heterocycles. The van der Waals surface area contributed by atoms with Gasteiger partial charge in [0.25, 0.3) is 0 Å². The molecule has 2 heterocycles. The molecule has 0 saturated carbocycles. The molecule has 124 valence electrons. The number of aliphatic hydroxyl groups excluding tert-OH is 1. The Balaban J connectivity index is 1.90. The molecule has 1 atom stereocenters. The molecule has 2 aromatic rings. The van der Waals surface area contributed by atoms with Crippen molar-refractivity contribution in [1.82, 2.24) is 9.88 Å². The number of aromatic nitrogens is 1. The van der Waals surface area contributed by atoms with Crippen molar-refractivity contribution in [1.29, 1.82) is 0 Å². The molecule has 1 aromatic carbocycles. The number of aromatic amines is 1. The van der Waals surface area contributed by atoms with Crippen LogP contribution < -0.4 is 0 Å². The lowest BCUT2D eigenvalue weighted by Gasteiger charge is -2.21. The van der Waals surface area contributed by atoms with Gasteiger partial charge in [-0.2, -0.15) is 0 Å². The Morgan fingerprint density at radius 3 is 2.87 bits per heavy atom. The normalized spacial score (nSPS) is 19.1. The van der Waals surface area contributed by atoms with Gasteiger partial charge >= 0.3 is 0 Å². The third-order valence-electron chi connectivity index (χ3n) is 4.62. The number of benzene rings is 1. The number of fused-ring (bicyclic) bond motifs is 1. The highest BCUT2D eigenvalue weighted by atomic mass is 16.5. The third-order valence-corrected chi connectivity index (χ3v) is 4.62. The number of aliphatic hydroxyl groups is 1. The fourth-order valence-electron chi connectivity index (χ4n) is 3.31. The van der Waals surface area contributed by atoms with Crippen LogP contribution in [-0.4, -0.2) is 53.3 Å². The van der Waals surface area contributed by atoms with Crippen molar-refractivity contribution in [2.24, 2.45) is 0 Å². The summed E-state index contributed by atoms with van der Waals surface area (Å²) in [5, 5.41) is 11.0. The van der Waals surface area contributed by atoms with E-state index in [1.165, 1.54) is 11.1 Å². The van der Waals surface area contributed by atoms with Crippen molar-refractivity contribution in [3.63, 3.8) is 0 Å². The molecule has 5 nitrogen and oxygen atoms in total. The molecule has 1 amide bonds. The van der Waals surface area contributed by atoms with Crippen LogP contribution in [0, 0.1) is 20.8 Å². The number of hydrogen-bond donors (Lipinski definition) is 2. The number of nitrogens with one attached hydrogen (secondary N) is 1. The van der Waals surface area contributed by atoms with Gasteiger partial charge in [-0.15, -0.1) is 0 Å². The van der Waals surface area contributed by atoms with Crippen LogP contribution in [0.3, 0.4) is 0 Å². The lowest BCUT2D eigenvalue weighted by molar-refractivity contribution is -0.131. The molecule has 2 N–H and O–H groups in total. The van der Waals surface area contributed by atoms with Crippen LogP contribution in [0.5, 0.6) is 0 Å². The molecule has 0 spiro atoms. The second-order valence-corrected chi connectivity index (χ2v) is 6.42. The van der Waals surface area contributed by atoms with Gasteiger partial charge in [0.15, 0.2) is 0 Å². The Morgan fingerprint density at radius 1 is 1.35 bits per heavy atom. The van der Waals surface area contributed by atoms with Crippen molar-refractivity contribution in [2.75, 3.05) is 26.3 Å². The zero-order valence-electron chi connectivity index (χ0n) is 14.0. The molecule has 23 heavy (non-hydrogen) atoms. The first-order valence-corrected chi connectivity index (χ1v) is 8.08. The zero-order chi connectivity index (χ0) is 16.6. The van der Waals surface area contributed by atoms with Crippen molar-refractivity contribution in [2.45, 2.75) is 33.3 Å². The largest absolute Gasteiger partial charge is 0.389 e. The Kier molecular flexibility index (Phi) is 4.41. The number of nitrogens with zero attached hydrogens (tertiary/aromatic N) is 1. The number of carbonyl (C=O) groups excluding carboxylic acids is 1. The van der Waals surface area contributed by atoms with Crippen molar-refractivity contribution in [3.05, 3.63) is 34.5 Å². The van der Waals surface area contributed by atoms with Gasteiger partial charge in [-0.25, -0.2) is 0 Å². The van der Waals surface area contributed by atoms with E-state index in [4.69, 9.17) is 4.74 Å². The van der Waals surface area contributed by atoms with Crippen LogP contribution >= 0.6 is 0 Å². The lowest BCUT2D eigenvalue weighted by atomic mass is 10.0. The van der Waals surface area contributed by atoms with Gasteiger partial charge in [-0.05, 0) is 37.5 Å². The van der Waals surface area contributed by atoms with Crippen LogP contribution in [-0.2, 0) is 16.0 Å². The monoisotopic (exact) mass is 316 g/mol. The highest BCUT2D eigenvalue weighted by Gasteiger charge is 2.23. The minimum absolute atomic E-state index is 0.0412. The summed E-state index contributed by atoms with van der Waals surface area (Å²) in [6.07, 6.45) is -0.252. The molecule has 1 aliphatic rings. The van der Waals surface area contributed by atoms with Crippen LogP contribution in [0.1, 0.15) is 22.4 Å². The molecule has 0 unspecified atom stereocenters. The van der Waals surface area contributed by atoms with E-state index in [9.17, 15) is 9.90 Å². The molecule has 1 fully saturated rings. The summed E-state index contributed by atoms with van der Waals surface area (Å²) in [5.74, 6) is 0.0412. The lowest BCUT2D eigenvalue weighted by Crippen LogP contribution is -2.38. The maximum atomic E-state index is 12.7. The smallest absolute Gasteiger partial charge is 0.227 e. The van der Waals surface area contributed by atoms with E-state index in [1.54, 1.807) is 4.90 Å². The molecule has 0 aliphatic carbocycles. The molecule has 1 saturated heterocycles. The molecular weight excluding hydrogens is 292 g/mol. The first kappa shape index (κ1) is 16.0. The SMILES string of the molecule is Cc1[nH]c2c(C)ccc(C)c2c1CC(=O)N1CCOC[C@@H](O)C1. The van der Waals surface area contributed by atoms with E-state index in [1.807, 2.05) is 6.92 Å². The first-order chi connectivity index (χ1) is 11.0. The Labute approximate surface area is 136 Å². The van der Waals surface area contributed by atoms with Crippen molar-refractivity contribution >= 4 is 16.8 Å². The van der Waals surface area contributed by atoms with E-state index in [-0.39, 0.29) is 5.91 Å². The summed E-state index contributed by atoms with van der Waals surface area (Å²) < 4.78 is 5.30. The maximum absolute atomic E-state index is 12.7. The minimum atomic E-state index is -0.602. The van der Waals surface area contributed by atoms with Crippen molar-refractivity contribution < 1.29 is 14.6 Å². The third kappa shape index (κ3) is 3.12. The molecule has 5 heteroatoms. The number of aryl methyl sites for hydroxylation is 3. The Bertz CT molecular complexity index is 735. The number of hydrogen-bond acceptors (Lipinski definition) is 3. The average Bonchev–Trinajstić information content (AvgIpc) is 2.70.